The van der Waals surface area contributed by atoms with E-state index in [4.69, 9.17) is 10.5 Å². The fraction of sp³-hybridized carbons (Fsp3) is 0.500. The second kappa shape index (κ2) is 5.76. The topological polar surface area (TPSA) is 55.6 Å². The van der Waals surface area contributed by atoms with Crippen LogP contribution < -0.4 is 10.5 Å². The minimum atomic E-state index is -0.157. The molecular weight excluding hydrogens is 228 g/mol. The third-order valence-corrected chi connectivity index (χ3v) is 3.37. The summed E-state index contributed by atoms with van der Waals surface area (Å²) >= 11 is 0. The van der Waals surface area contributed by atoms with Crippen LogP contribution in [-0.4, -0.2) is 30.0 Å². The molecule has 18 heavy (non-hydrogen) atoms. The van der Waals surface area contributed by atoms with Gasteiger partial charge in [0, 0.05) is 24.3 Å². The standard InChI is InChI=1S/C14H22N2O2/c1-5-14(2,3)16(4)13(17)10-18-12-8-6-7-11(15)9-12/h6-9H,5,10,15H2,1-4H3. The lowest BCUT2D eigenvalue weighted by atomic mass is 10.00. The predicted molar refractivity (Wildman–Crippen MR) is 73.5 cm³/mol. The number of benzene rings is 1. The highest BCUT2D eigenvalue weighted by Crippen LogP contribution is 2.18. The fourth-order valence-corrected chi connectivity index (χ4v) is 1.42. The number of rotatable bonds is 5. The Morgan fingerprint density at radius 3 is 2.67 bits per heavy atom. The van der Waals surface area contributed by atoms with Gasteiger partial charge in [-0.1, -0.05) is 13.0 Å². The van der Waals surface area contributed by atoms with Gasteiger partial charge in [-0.25, -0.2) is 0 Å². The number of carbonyl (C=O) groups is 1. The highest BCUT2D eigenvalue weighted by molar-refractivity contribution is 5.78. The number of nitrogens with two attached hydrogens (primary N) is 1. The Bertz CT molecular complexity index is 416. The van der Waals surface area contributed by atoms with Crippen molar-refractivity contribution in [2.24, 2.45) is 0 Å². The van der Waals surface area contributed by atoms with E-state index in [1.54, 1.807) is 36.2 Å². The first-order valence-electron chi connectivity index (χ1n) is 6.12. The highest BCUT2D eigenvalue weighted by Gasteiger charge is 2.25. The van der Waals surface area contributed by atoms with E-state index in [1.165, 1.54) is 0 Å². The molecule has 4 nitrogen and oxygen atoms in total. The van der Waals surface area contributed by atoms with Crippen LogP contribution in [0.15, 0.2) is 24.3 Å². The molecule has 2 N–H and O–H groups in total. The summed E-state index contributed by atoms with van der Waals surface area (Å²) in [6, 6.07) is 7.07. The van der Waals surface area contributed by atoms with Crippen LogP contribution in [0.2, 0.25) is 0 Å². The van der Waals surface area contributed by atoms with Crippen LogP contribution in [0.25, 0.3) is 0 Å². The maximum absolute atomic E-state index is 12.0. The first-order chi connectivity index (χ1) is 8.36. The third kappa shape index (κ3) is 3.65. The summed E-state index contributed by atoms with van der Waals surface area (Å²) in [7, 11) is 1.80. The second-order valence-corrected chi connectivity index (χ2v) is 4.98. The molecule has 0 atom stereocenters. The first kappa shape index (κ1) is 14.4. The molecule has 1 aromatic carbocycles. The molecule has 4 heteroatoms. The van der Waals surface area contributed by atoms with E-state index < -0.39 is 0 Å². The molecule has 0 bridgehead atoms. The fourth-order valence-electron chi connectivity index (χ4n) is 1.42. The lowest BCUT2D eigenvalue weighted by Gasteiger charge is -2.34. The van der Waals surface area contributed by atoms with Crippen molar-refractivity contribution in [2.45, 2.75) is 32.7 Å². The minimum absolute atomic E-state index is 0.0311. The number of nitrogen functional groups attached to an aromatic ring is 1. The summed E-state index contributed by atoms with van der Waals surface area (Å²) in [6.45, 7) is 6.16. The molecule has 0 aromatic heterocycles. The number of anilines is 1. The lowest BCUT2D eigenvalue weighted by Crippen LogP contribution is -2.46. The molecule has 1 rings (SSSR count). The van der Waals surface area contributed by atoms with E-state index in [9.17, 15) is 4.79 Å². The molecule has 0 unspecified atom stereocenters. The lowest BCUT2D eigenvalue weighted by molar-refractivity contribution is -0.136. The van der Waals surface area contributed by atoms with Gasteiger partial charge in [0.15, 0.2) is 6.61 Å². The average Bonchev–Trinajstić information content (AvgIpc) is 2.35. The zero-order chi connectivity index (χ0) is 13.8. The smallest absolute Gasteiger partial charge is 0.260 e. The van der Waals surface area contributed by atoms with Crippen LogP contribution in [-0.2, 0) is 4.79 Å². The Morgan fingerprint density at radius 1 is 1.44 bits per heavy atom. The first-order valence-corrected chi connectivity index (χ1v) is 6.12. The van der Waals surface area contributed by atoms with E-state index >= 15 is 0 Å². The third-order valence-electron chi connectivity index (χ3n) is 3.37. The van der Waals surface area contributed by atoms with Crippen molar-refractivity contribution in [3.63, 3.8) is 0 Å². The summed E-state index contributed by atoms with van der Waals surface area (Å²) in [4.78, 5) is 13.7. The number of amides is 1. The quantitative estimate of drug-likeness (QED) is 0.816. The van der Waals surface area contributed by atoms with Crippen molar-refractivity contribution in [1.82, 2.24) is 4.90 Å². The Hall–Kier alpha value is -1.71. The molecule has 100 valence electrons. The van der Waals surface area contributed by atoms with Gasteiger partial charge in [-0.2, -0.15) is 0 Å². The summed E-state index contributed by atoms with van der Waals surface area (Å²) in [6.07, 6.45) is 0.896. The second-order valence-electron chi connectivity index (χ2n) is 4.98. The maximum Gasteiger partial charge on any atom is 0.260 e. The van der Waals surface area contributed by atoms with Crippen molar-refractivity contribution in [2.75, 3.05) is 19.4 Å². The van der Waals surface area contributed by atoms with E-state index in [1.807, 2.05) is 13.8 Å². The van der Waals surface area contributed by atoms with Crippen molar-refractivity contribution in [3.8, 4) is 5.75 Å². The van der Waals surface area contributed by atoms with Crippen molar-refractivity contribution < 1.29 is 9.53 Å². The molecule has 0 saturated heterocycles. The van der Waals surface area contributed by atoms with Gasteiger partial charge >= 0.3 is 0 Å². The predicted octanol–water partition coefficient (Wildman–Crippen LogP) is 2.29. The van der Waals surface area contributed by atoms with Crippen LogP contribution >= 0.6 is 0 Å². The Balaban J connectivity index is 2.56. The van der Waals surface area contributed by atoms with Gasteiger partial charge in [0.25, 0.3) is 5.91 Å². The normalized spacial score (nSPS) is 11.1. The number of ether oxygens (including phenoxy) is 1. The van der Waals surface area contributed by atoms with Gasteiger partial charge in [-0.05, 0) is 32.4 Å². The van der Waals surface area contributed by atoms with Crippen LogP contribution in [0.3, 0.4) is 0 Å². The Morgan fingerprint density at radius 2 is 2.11 bits per heavy atom. The van der Waals surface area contributed by atoms with E-state index in [2.05, 4.69) is 6.92 Å². The maximum atomic E-state index is 12.0. The molecule has 0 aliphatic carbocycles. The van der Waals surface area contributed by atoms with Crippen LogP contribution in [0.1, 0.15) is 27.2 Å². The summed E-state index contributed by atoms with van der Waals surface area (Å²) < 4.78 is 5.44. The van der Waals surface area contributed by atoms with Gasteiger partial charge in [0.1, 0.15) is 5.75 Å². The number of likely N-dealkylation sites (N-methyl/N-ethyl adjacent to an activating group) is 1. The molecule has 0 heterocycles. The Kier molecular flexibility index (Phi) is 4.59. The van der Waals surface area contributed by atoms with Crippen molar-refractivity contribution >= 4 is 11.6 Å². The SMILES string of the molecule is CCC(C)(C)N(C)C(=O)COc1cccc(N)c1. The van der Waals surface area contributed by atoms with Crippen molar-refractivity contribution in [1.29, 1.82) is 0 Å². The number of nitrogens with zero attached hydrogens (tertiary/aromatic N) is 1. The Labute approximate surface area is 109 Å². The monoisotopic (exact) mass is 250 g/mol. The number of hydrogen-bond donors (Lipinski definition) is 1. The van der Waals surface area contributed by atoms with E-state index in [0.717, 1.165) is 6.42 Å². The van der Waals surface area contributed by atoms with Crippen LogP contribution in [0.4, 0.5) is 5.69 Å². The molecule has 1 aromatic rings. The van der Waals surface area contributed by atoms with Crippen LogP contribution in [0, 0.1) is 0 Å². The summed E-state index contributed by atoms with van der Waals surface area (Å²) in [5.41, 5.74) is 6.11. The molecule has 1 amide bonds. The van der Waals surface area contributed by atoms with Gasteiger partial charge < -0.3 is 15.4 Å². The highest BCUT2D eigenvalue weighted by atomic mass is 16.5. The van der Waals surface area contributed by atoms with E-state index in [-0.39, 0.29) is 18.1 Å². The molecular formula is C14H22N2O2. The number of carbonyl (C=O) groups excluding carboxylic acids is 1. The minimum Gasteiger partial charge on any atom is -0.484 e. The van der Waals surface area contributed by atoms with Gasteiger partial charge in [-0.3, -0.25) is 4.79 Å². The van der Waals surface area contributed by atoms with Crippen LogP contribution in [0.5, 0.6) is 5.75 Å². The van der Waals surface area contributed by atoms with Gasteiger partial charge in [-0.15, -0.1) is 0 Å². The summed E-state index contributed by atoms with van der Waals surface area (Å²) in [5.74, 6) is 0.579. The largest absolute Gasteiger partial charge is 0.484 e. The summed E-state index contributed by atoms with van der Waals surface area (Å²) in [5, 5.41) is 0. The van der Waals surface area contributed by atoms with Gasteiger partial charge in [0.2, 0.25) is 0 Å². The molecule has 0 saturated carbocycles. The molecule has 0 aliphatic rings. The molecule has 0 spiro atoms. The zero-order valence-electron chi connectivity index (χ0n) is 11.6. The van der Waals surface area contributed by atoms with E-state index in [0.29, 0.717) is 11.4 Å². The molecule has 0 fully saturated rings. The average molecular weight is 250 g/mol. The van der Waals surface area contributed by atoms with Crippen molar-refractivity contribution in [3.05, 3.63) is 24.3 Å². The zero-order valence-corrected chi connectivity index (χ0v) is 11.6. The van der Waals surface area contributed by atoms with Gasteiger partial charge in [0.05, 0.1) is 0 Å². The molecule has 0 aliphatic heterocycles. The molecule has 0 radical (unpaired) electrons. The number of hydrogen-bond acceptors (Lipinski definition) is 3.